The van der Waals surface area contributed by atoms with Crippen molar-refractivity contribution in [2.75, 3.05) is 12.9 Å². The molecule has 2 aromatic rings. The SMILES string of the molecule is COc1ccc(-c2noc(CSCCC(C)N)n2)cc1. The summed E-state index contributed by atoms with van der Waals surface area (Å²) in [4.78, 5) is 4.38. The van der Waals surface area contributed by atoms with Gasteiger partial charge < -0.3 is 15.0 Å². The fourth-order valence-electron chi connectivity index (χ4n) is 1.60. The zero-order chi connectivity index (χ0) is 14.4. The third-order valence-corrected chi connectivity index (χ3v) is 3.73. The molecule has 0 amide bonds. The number of rotatable bonds is 7. The van der Waals surface area contributed by atoms with Gasteiger partial charge in [-0.05, 0) is 43.4 Å². The first-order valence-corrected chi connectivity index (χ1v) is 7.65. The molecule has 0 saturated heterocycles. The van der Waals surface area contributed by atoms with E-state index in [2.05, 4.69) is 10.1 Å². The highest BCUT2D eigenvalue weighted by Gasteiger charge is 2.08. The van der Waals surface area contributed by atoms with Crippen LogP contribution >= 0.6 is 11.8 Å². The van der Waals surface area contributed by atoms with Crippen LogP contribution in [0.25, 0.3) is 11.4 Å². The molecule has 0 aliphatic carbocycles. The minimum atomic E-state index is 0.236. The van der Waals surface area contributed by atoms with Crippen molar-refractivity contribution in [1.29, 1.82) is 0 Å². The molecule has 0 radical (unpaired) electrons. The van der Waals surface area contributed by atoms with Crippen molar-refractivity contribution < 1.29 is 9.26 Å². The first-order valence-electron chi connectivity index (χ1n) is 6.49. The number of thioether (sulfide) groups is 1. The molecule has 1 aromatic carbocycles. The molecule has 5 nitrogen and oxygen atoms in total. The van der Waals surface area contributed by atoms with Crippen molar-refractivity contribution in [2.45, 2.75) is 25.1 Å². The molecule has 1 heterocycles. The molecule has 0 bridgehead atoms. The molecular weight excluding hydrogens is 274 g/mol. The van der Waals surface area contributed by atoms with E-state index < -0.39 is 0 Å². The lowest BCUT2D eigenvalue weighted by molar-refractivity contribution is 0.391. The Bertz CT molecular complexity index is 525. The Balaban J connectivity index is 1.90. The zero-order valence-corrected chi connectivity index (χ0v) is 12.5. The van der Waals surface area contributed by atoms with Gasteiger partial charge in [0.25, 0.3) is 0 Å². The summed E-state index contributed by atoms with van der Waals surface area (Å²) in [5.74, 6) is 3.78. The second kappa shape index (κ2) is 7.31. The standard InChI is InChI=1S/C14H19N3O2S/c1-10(15)7-8-20-9-13-16-14(17-19-13)11-3-5-12(18-2)6-4-11/h3-6,10H,7-9,15H2,1-2H3. The smallest absolute Gasteiger partial charge is 0.236 e. The Morgan fingerprint density at radius 3 is 2.75 bits per heavy atom. The largest absolute Gasteiger partial charge is 0.497 e. The number of ether oxygens (including phenoxy) is 1. The molecule has 0 aliphatic heterocycles. The van der Waals surface area contributed by atoms with Gasteiger partial charge in [0, 0.05) is 11.6 Å². The molecule has 0 saturated carbocycles. The van der Waals surface area contributed by atoms with Gasteiger partial charge >= 0.3 is 0 Å². The van der Waals surface area contributed by atoms with Crippen LogP contribution in [-0.4, -0.2) is 29.0 Å². The number of hydrogen-bond acceptors (Lipinski definition) is 6. The van der Waals surface area contributed by atoms with Crippen molar-refractivity contribution in [1.82, 2.24) is 10.1 Å². The lowest BCUT2D eigenvalue weighted by Gasteiger charge is -2.02. The first kappa shape index (κ1) is 14.9. The Hall–Kier alpha value is -1.53. The molecule has 1 unspecified atom stereocenters. The summed E-state index contributed by atoms with van der Waals surface area (Å²) in [7, 11) is 1.64. The highest BCUT2D eigenvalue weighted by atomic mass is 32.2. The molecule has 2 N–H and O–H groups in total. The van der Waals surface area contributed by atoms with Crippen LogP contribution in [0.2, 0.25) is 0 Å². The molecule has 6 heteroatoms. The lowest BCUT2D eigenvalue weighted by Crippen LogP contribution is -2.15. The van der Waals surface area contributed by atoms with E-state index in [-0.39, 0.29) is 6.04 Å². The number of hydrogen-bond donors (Lipinski definition) is 1. The van der Waals surface area contributed by atoms with Crippen molar-refractivity contribution in [2.24, 2.45) is 5.73 Å². The average Bonchev–Trinajstić information content (AvgIpc) is 2.92. The van der Waals surface area contributed by atoms with Gasteiger partial charge in [0.1, 0.15) is 5.75 Å². The van der Waals surface area contributed by atoms with Crippen molar-refractivity contribution in [3.63, 3.8) is 0 Å². The van der Waals surface area contributed by atoms with E-state index in [1.807, 2.05) is 31.2 Å². The average molecular weight is 293 g/mol. The quantitative estimate of drug-likeness (QED) is 0.791. The van der Waals surface area contributed by atoms with Gasteiger partial charge in [-0.1, -0.05) is 5.16 Å². The number of methoxy groups -OCH3 is 1. The fourth-order valence-corrected chi connectivity index (χ4v) is 2.57. The molecule has 2 rings (SSSR count). The minimum absolute atomic E-state index is 0.236. The van der Waals surface area contributed by atoms with Crippen LogP contribution in [0.15, 0.2) is 28.8 Å². The van der Waals surface area contributed by atoms with E-state index in [1.165, 1.54) is 0 Å². The van der Waals surface area contributed by atoms with E-state index >= 15 is 0 Å². The van der Waals surface area contributed by atoms with Gasteiger partial charge in [0.2, 0.25) is 11.7 Å². The van der Waals surface area contributed by atoms with E-state index in [1.54, 1.807) is 18.9 Å². The van der Waals surface area contributed by atoms with Crippen LogP contribution in [0.4, 0.5) is 0 Å². The number of benzene rings is 1. The van der Waals surface area contributed by atoms with E-state index in [0.29, 0.717) is 11.7 Å². The Labute approximate surface area is 122 Å². The zero-order valence-electron chi connectivity index (χ0n) is 11.7. The molecular formula is C14H19N3O2S. The summed E-state index contributed by atoms with van der Waals surface area (Å²) >= 11 is 1.75. The molecule has 0 aliphatic rings. The van der Waals surface area contributed by atoms with Gasteiger partial charge in [-0.3, -0.25) is 0 Å². The van der Waals surface area contributed by atoms with Gasteiger partial charge in [-0.2, -0.15) is 16.7 Å². The Morgan fingerprint density at radius 1 is 1.35 bits per heavy atom. The highest BCUT2D eigenvalue weighted by Crippen LogP contribution is 2.21. The molecule has 0 spiro atoms. The maximum Gasteiger partial charge on any atom is 0.236 e. The summed E-state index contributed by atoms with van der Waals surface area (Å²) in [6.45, 7) is 2.01. The third-order valence-electron chi connectivity index (χ3n) is 2.76. The van der Waals surface area contributed by atoms with Crippen LogP contribution < -0.4 is 10.5 Å². The lowest BCUT2D eigenvalue weighted by atomic mass is 10.2. The summed E-state index contributed by atoms with van der Waals surface area (Å²) in [5.41, 5.74) is 6.62. The first-order chi connectivity index (χ1) is 9.69. The molecule has 108 valence electrons. The topological polar surface area (TPSA) is 74.2 Å². The minimum Gasteiger partial charge on any atom is -0.497 e. The van der Waals surface area contributed by atoms with Crippen LogP contribution in [0.1, 0.15) is 19.2 Å². The fraction of sp³-hybridized carbons (Fsp3) is 0.429. The number of nitrogens with two attached hydrogens (primary N) is 1. The summed E-state index contributed by atoms with van der Waals surface area (Å²) in [5, 5.41) is 3.99. The summed E-state index contributed by atoms with van der Waals surface area (Å²) < 4.78 is 10.4. The van der Waals surface area contributed by atoms with Crippen molar-refractivity contribution >= 4 is 11.8 Å². The Kier molecular flexibility index (Phi) is 5.43. The van der Waals surface area contributed by atoms with Crippen LogP contribution in [0.3, 0.4) is 0 Å². The van der Waals surface area contributed by atoms with Crippen LogP contribution in [0, 0.1) is 0 Å². The maximum absolute atomic E-state index is 5.70. The molecule has 0 fully saturated rings. The maximum atomic E-state index is 5.70. The van der Waals surface area contributed by atoms with Gasteiger partial charge in [-0.15, -0.1) is 0 Å². The summed E-state index contributed by atoms with van der Waals surface area (Å²) in [6.07, 6.45) is 0.990. The molecule has 1 aromatic heterocycles. The number of nitrogens with zero attached hydrogens (tertiary/aromatic N) is 2. The van der Waals surface area contributed by atoms with E-state index in [4.69, 9.17) is 15.0 Å². The van der Waals surface area contributed by atoms with E-state index in [9.17, 15) is 0 Å². The second-order valence-corrected chi connectivity index (χ2v) is 5.66. The van der Waals surface area contributed by atoms with Gasteiger partial charge in [-0.25, -0.2) is 0 Å². The predicted molar refractivity (Wildman–Crippen MR) is 80.7 cm³/mol. The number of aromatic nitrogens is 2. The third kappa shape index (κ3) is 4.25. The van der Waals surface area contributed by atoms with Crippen LogP contribution in [0.5, 0.6) is 5.75 Å². The van der Waals surface area contributed by atoms with Crippen molar-refractivity contribution in [3.05, 3.63) is 30.2 Å². The van der Waals surface area contributed by atoms with Gasteiger partial charge in [0.15, 0.2) is 0 Å². The monoisotopic (exact) mass is 293 g/mol. The normalized spacial score (nSPS) is 12.3. The van der Waals surface area contributed by atoms with Crippen LogP contribution in [-0.2, 0) is 5.75 Å². The summed E-state index contributed by atoms with van der Waals surface area (Å²) in [6, 6.07) is 7.82. The molecule has 20 heavy (non-hydrogen) atoms. The molecule has 1 atom stereocenters. The van der Waals surface area contributed by atoms with Crippen molar-refractivity contribution in [3.8, 4) is 17.1 Å². The van der Waals surface area contributed by atoms with E-state index in [0.717, 1.165) is 29.2 Å². The second-order valence-electron chi connectivity index (χ2n) is 4.56. The highest BCUT2D eigenvalue weighted by molar-refractivity contribution is 7.98. The Morgan fingerprint density at radius 2 is 2.10 bits per heavy atom. The predicted octanol–water partition coefficient (Wildman–Crippen LogP) is 2.72. The van der Waals surface area contributed by atoms with Gasteiger partial charge in [0.05, 0.1) is 12.9 Å².